The van der Waals surface area contributed by atoms with Crippen molar-refractivity contribution in [1.82, 2.24) is 9.55 Å². The molecule has 5 heteroatoms. The molecule has 1 aliphatic heterocycles. The first-order valence-corrected chi connectivity index (χ1v) is 7.98. The smallest absolute Gasteiger partial charge is 0.121 e. The Hall–Kier alpha value is -1.26. The van der Waals surface area contributed by atoms with Crippen molar-refractivity contribution in [3.8, 4) is 5.75 Å². The second kappa shape index (κ2) is 6.24. The summed E-state index contributed by atoms with van der Waals surface area (Å²) >= 11 is 5.96. The molecule has 21 heavy (non-hydrogen) atoms. The molecule has 114 valence electrons. The van der Waals surface area contributed by atoms with E-state index in [-0.39, 0.29) is 0 Å². The summed E-state index contributed by atoms with van der Waals surface area (Å²) in [6, 6.07) is 6.52. The molecule has 1 aromatic heterocycles. The maximum absolute atomic E-state index is 5.96. The van der Waals surface area contributed by atoms with Crippen LogP contribution in [0.15, 0.2) is 18.2 Å². The van der Waals surface area contributed by atoms with E-state index in [0.29, 0.717) is 18.0 Å². The first kappa shape index (κ1) is 14.7. The van der Waals surface area contributed by atoms with Crippen LogP contribution < -0.4 is 4.74 Å². The third-order valence-electron chi connectivity index (χ3n) is 4.11. The first-order chi connectivity index (χ1) is 10.2. The number of hydrogen-bond donors (Lipinski definition) is 0. The maximum Gasteiger partial charge on any atom is 0.121 e. The lowest BCUT2D eigenvalue weighted by Gasteiger charge is -2.30. The number of nitrogens with zero attached hydrogens (tertiary/aromatic N) is 2. The average molecular weight is 309 g/mol. The monoisotopic (exact) mass is 308 g/mol. The molecule has 2 atom stereocenters. The van der Waals surface area contributed by atoms with Crippen LogP contribution in [0.3, 0.4) is 0 Å². The zero-order valence-electron chi connectivity index (χ0n) is 12.5. The third kappa shape index (κ3) is 2.87. The van der Waals surface area contributed by atoms with Crippen LogP contribution in [0.1, 0.15) is 31.6 Å². The van der Waals surface area contributed by atoms with Crippen molar-refractivity contribution < 1.29 is 9.47 Å². The van der Waals surface area contributed by atoms with Gasteiger partial charge in [0, 0.05) is 31.0 Å². The van der Waals surface area contributed by atoms with Crippen LogP contribution in [0.5, 0.6) is 5.75 Å². The third-order valence-corrected chi connectivity index (χ3v) is 4.30. The van der Waals surface area contributed by atoms with Gasteiger partial charge in [0.15, 0.2) is 0 Å². The number of halogens is 1. The fraction of sp³-hybridized carbons (Fsp3) is 0.562. The highest BCUT2D eigenvalue weighted by Gasteiger charge is 2.24. The minimum Gasteiger partial charge on any atom is -0.497 e. The number of alkyl halides is 1. The van der Waals surface area contributed by atoms with Gasteiger partial charge < -0.3 is 14.0 Å². The summed E-state index contributed by atoms with van der Waals surface area (Å²) in [5, 5.41) is 0. The van der Waals surface area contributed by atoms with Crippen molar-refractivity contribution in [3.05, 3.63) is 24.0 Å². The van der Waals surface area contributed by atoms with Crippen molar-refractivity contribution in [2.45, 2.75) is 38.3 Å². The van der Waals surface area contributed by atoms with Crippen LogP contribution in [0.4, 0.5) is 0 Å². The number of fused-ring (bicyclic) bond motifs is 1. The van der Waals surface area contributed by atoms with Crippen LogP contribution in [0.2, 0.25) is 0 Å². The molecule has 0 amide bonds. The van der Waals surface area contributed by atoms with Crippen molar-refractivity contribution in [2.24, 2.45) is 0 Å². The predicted octanol–water partition coefficient (Wildman–Crippen LogP) is 3.57. The highest BCUT2D eigenvalue weighted by Crippen LogP contribution is 2.32. The summed E-state index contributed by atoms with van der Waals surface area (Å²) < 4.78 is 13.3. The Morgan fingerprint density at radius 1 is 1.48 bits per heavy atom. The van der Waals surface area contributed by atoms with Crippen molar-refractivity contribution in [3.63, 3.8) is 0 Å². The van der Waals surface area contributed by atoms with E-state index in [0.717, 1.165) is 48.5 Å². The number of aromatic nitrogens is 2. The fourth-order valence-electron chi connectivity index (χ4n) is 3.13. The molecule has 2 heterocycles. The largest absolute Gasteiger partial charge is 0.497 e. The molecule has 0 N–H and O–H groups in total. The Morgan fingerprint density at radius 3 is 3.05 bits per heavy atom. The van der Waals surface area contributed by atoms with Gasteiger partial charge in [-0.3, -0.25) is 0 Å². The zero-order valence-corrected chi connectivity index (χ0v) is 13.3. The van der Waals surface area contributed by atoms with E-state index < -0.39 is 0 Å². The number of rotatable bonds is 4. The number of imidazole rings is 1. The number of ether oxygens (including phenoxy) is 2. The quantitative estimate of drug-likeness (QED) is 0.810. The van der Waals surface area contributed by atoms with Crippen LogP contribution in [-0.4, -0.2) is 35.3 Å². The maximum atomic E-state index is 5.96. The average Bonchev–Trinajstić information content (AvgIpc) is 2.84. The molecule has 0 bridgehead atoms. The first-order valence-electron chi connectivity index (χ1n) is 7.45. The lowest BCUT2D eigenvalue weighted by molar-refractivity contribution is 0.00625. The summed E-state index contributed by atoms with van der Waals surface area (Å²) in [4.78, 5) is 4.77. The van der Waals surface area contributed by atoms with E-state index in [1.54, 1.807) is 7.11 Å². The van der Waals surface area contributed by atoms with Gasteiger partial charge in [-0.05, 0) is 31.9 Å². The SMILES string of the molecule is COc1ccc2c(c1)nc(CCCl)n2C1CCOC(C)C1. The molecule has 2 unspecified atom stereocenters. The molecule has 2 aromatic rings. The standard InChI is InChI=1S/C16H21ClN2O2/c1-11-9-12(6-8-21-11)19-15-4-3-13(20-2)10-14(15)18-16(19)5-7-17/h3-4,10-12H,5-9H2,1-2H3. The molecule has 0 aliphatic carbocycles. The summed E-state index contributed by atoms with van der Waals surface area (Å²) in [5.41, 5.74) is 2.14. The minimum atomic E-state index is 0.295. The number of methoxy groups -OCH3 is 1. The minimum absolute atomic E-state index is 0.295. The van der Waals surface area contributed by atoms with E-state index in [1.807, 2.05) is 12.1 Å². The summed E-state index contributed by atoms with van der Waals surface area (Å²) in [6.07, 6.45) is 3.12. The van der Waals surface area contributed by atoms with Crippen LogP contribution in [0.25, 0.3) is 11.0 Å². The molecular weight excluding hydrogens is 288 g/mol. The molecular formula is C16H21ClN2O2. The van der Waals surface area contributed by atoms with E-state index in [2.05, 4.69) is 17.6 Å². The molecule has 0 saturated carbocycles. The highest BCUT2D eigenvalue weighted by atomic mass is 35.5. The van der Waals surface area contributed by atoms with Gasteiger partial charge >= 0.3 is 0 Å². The Labute approximate surface area is 130 Å². The molecule has 1 aromatic carbocycles. The van der Waals surface area contributed by atoms with Gasteiger partial charge in [0.1, 0.15) is 11.6 Å². The molecule has 1 fully saturated rings. The normalized spacial score (nSPS) is 22.6. The van der Waals surface area contributed by atoms with Gasteiger partial charge in [-0.15, -0.1) is 11.6 Å². The van der Waals surface area contributed by atoms with E-state index in [9.17, 15) is 0 Å². The molecule has 0 spiro atoms. The van der Waals surface area contributed by atoms with E-state index in [1.165, 1.54) is 0 Å². The molecule has 1 aliphatic rings. The highest BCUT2D eigenvalue weighted by molar-refractivity contribution is 6.17. The predicted molar refractivity (Wildman–Crippen MR) is 84.4 cm³/mol. The Kier molecular flexibility index (Phi) is 4.36. The van der Waals surface area contributed by atoms with Crippen LogP contribution >= 0.6 is 11.6 Å². The second-order valence-electron chi connectivity index (χ2n) is 5.55. The van der Waals surface area contributed by atoms with Gasteiger partial charge in [0.2, 0.25) is 0 Å². The van der Waals surface area contributed by atoms with E-state index >= 15 is 0 Å². The van der Waals surface area contributed by atoms with Crippen molar-refractivity contribution in [2.75, 3.05) is 19.6 Å². The summed E-state index contributed by atoms with van der Waals surface area (Å²) in [6.45, 7) is 2.94. The van der Waals surface area contributed by atoms with Crippen molar-refractivity contribution >= 4 is 22.6 Å². The van der Waals surface area contributed by atoms with Gasteiger partial charge in [0.25, 0.3) is 0 Å². The number of benzene rings is 1. The lowest BCUT2D eigenvalue weighted by Crippen LogP contribution is -2.26. The van der Waals surface area contributed by atoms with Crippen molar-refractivity contribution in [1.29, 1.82) is 0 Å². The van der Waals surface area contributed by atoms with Gasteiger partial charge in [-0.1, -0.05) is 0 Å². The van der Waals surface area contributed by atoms with Gasteiger partial charge in [0.05, 0.1) is 24.2 Å². The Balaban J connectivity index is 2.07. The fourth-order valence-corrected chi connectivity index (χ4v) is 3.30. The summed E-state index contributed by atoms with van der Waals surface area (Å²) in [7, 11) is 1.68. The molecule has 3 rings (SSSR count). The van der Waals surface area contributed by atoms with Gasteiger partial charge in [-0.2, -0.15) is 0 Å². The van der Waals surface area contributed by atoms with Crippen LogP contribution in [-0.2, 0) is 11.2 Å². The Bertz CT molecular complexity index is 626. The summed E-state index contributed by atoms with van der Waals surface area (Å²) in [5.74, 6) is 2.48. The topological polar surface area (TPSA) is 36.3 Å². The lowest BCUT2D eigenvalue weighted by atomic mass is 10.0. The van der Waals surface area contributed by atoms with Gasteiger partial charge in [-0.25, -0.2) is 4.98 Å². The Morgan fingerprint density at radius 2 is 2.33 bits per heavy atom. The van der Waals surface area contributed by atoms with E-state index in [4.69, 9.17) is 26.1 Å². The zero-order chi connectivity index (χ0) is 14.8. The molecule has 4 nitrogen and oxygen atoms in total. The molecule has 0 radical (unpaired) electrons. The number of hydrogen-bond acceptors (Lipinski definition) is 3. The second-order valence-corrected chi connectivity index (χ2v) is 5.93. The molecule has 1 saturated heterocycles. The van der Waals surface area contributed by atoms with Crippen LogP contribution in [0, 0.1) is 0 Å². The number of aryl methyl sites for hydroxylation is 1.